The number of nitrogens with zero attached hydrogens (tertiary/aromatic N) is 3. The standard InChI is InChI=1S/C12H20N4S/c1-9-7-11(15(2)14-9)8-16(10-3-4-10)6-5-12(13)17/h7,10H,3-6,8H2,1-2H3,(H2,13,17). The van der Waals surface area contributed by atoms with Crippen LogP contribution in [0.5, 0.6) is 0 Å². The fourth-order valence-corrected chi connectivity index (χ4v) is 2.20. The van der Waals surface area contributed by atoms with E-state index < -0.39 is 0 Å². The average Bonchev–Trinajstić information content (AvgIpc) is 3.01. The first-order chi connectivity index (χ1) is 8.06. The van der Waals surface area contributed by atoms with Gasteiger partial charge < -0.3 is 5.73 Å². The van der Waals surface area contributed by atoms with E-state index in [-0.39, 0.29) is 0 Å². The lowest BCUT2D eigenvalue weighted by molar-refractivity contribution is 0.255. The van der Waals surface area contributed by atoms with E-state index >= 15 is 0 Å². The maximum atomic E-state index is 5.58. The summed E-state index contributed by atoms with van der Waals surface area (Å²) in [4.78, 5) is 3.08. The second-order valence-corrected chi connectivity index (χ2v) is 5.34. The van der Waals surface area contributed by atoms with Crippen LogP contribution in [0.1, 0.15) is 30.7 Å². The van der Waals surface area contributed by atoms with Gasteiger partial charge in [0.05, 0.1) is 16.4 Å². The molecule has 4 nitrogen and oxygen atoms in total. The topological polar surface area (TPSA) is 47.1 Å². The first-order valence-electron chi connectivity index (χ1n) is 6.08. The summed E-state index contributed by atoms with van der Waals surface area (Å²) in [5, 5.41) is 4.38. The van der Waals surface area contributed by atoms with Crippen LogP contribution in [0.25, 0.3) is 0 Å². The van der Waals surface area contributed by atoms with Crippen molar-refractivity contribution >= 4 is 17.2 Å². The first kappa shape index (κ1) is 12.5. The Balaban J connectivity index is 1.97. The summed E-state index contributed by atoms with van der Waals surface area (Å²) in [6.07, 6.45) is 3.41. The molecule has 94 valence electrons. The van der Waals surface area contributed by atoms with E-state index in [1.165, 1.54) is 18.5 Å². The molecule has 1 aromatic heterocycles. The van der Waals surface area contributed by atoms with Crippen LogP contribution in [-0.4, -0.2) is 32.3 Å². The van der Waals surface area contributed by atoms with Gasteiger partial charge >= 0.3 is 0 Å². The Hall–Kier alpha value is -0.940. The van der Waals surface area contributed by atoms with Crippen molar-refractivity contribution in [3.63, 3.8) is 0 Å². The minimum absolute atomic E-state index is 0.608. The highest BCUT2D eigenvalue weighted by atomic mass is 32.1. The number of hydrogen-bond donors (Lipinski definition) is 1. The van der Waals surface area contributed by atoms with Crippen LogP contribution in [-0.2, 0) is 13.6 Å². The van der Waals surface area contributed by atoms with Crippen molar-refractivity contribution in [3.8, 4) is 0 Å². The zero-order valence-corrected chi connectivity index (χ0v) is 11.3. The Bertz CT molecular complexity index is 409. The quantitative estimate of drug-likeness (QED) is 0.777. The van der Waals surface area contributed by atoms with Crippen molar-refractivity contribution in [2.75, 3.05) is 6.54 Å². The molecule has 0 radical (unpaired) electrons. The van der Waals surface area contributed by atoms with Crippen molar-refractivity contribution in [3.05, 3.63) is 17.5 Å². The van der Waals surface area contributed by atoms with Gasteiger partial charge in [0.15, 0.2) is 0 Å². The van der Waals surface area contributed by atoms with E-state index in [1.807, 2.05) is 18.7 Å². The van der Waals surface area contributed by atoms with Crippen molar-refractivity contribution in [1.29, 1.82) is 0 Å². The second kappa shape index (κ2) is 5.14. The summed E-state index contributed by atoms with van der Waals surface area (Å²) in [5.74, 6) is 0. The lowest BCUT2D eigenvalue weighted by Gasteiger charge is -2.21. The van der Waals surface area contributed by atoms with Gasteiger partial charge in [0.2, 0.25) is 0 Å². The van der Waals surface area contributed by atoms with Gasteiger partial charge in [-0.1, -0.05) is 12.2 Å². The highest BCUT2D eigenvalue weighted by Gasteiger charge is 2.29. The van der Waals surface area contributed by atoms with Gasteiger partial charge in [-0.2, -0.15) is 5.10 Å². The zero-order valence-electron chi connectivity index (χ0n) is 10.5. The van der Waals surface area contributed by atoms with E-state index in [0.717, 1.165) is 31.2 Å². The fraction of sp³-hybridized carbons (Fsp3) is 0.667. The van der Waals surface area contributed by atoms with Crippen molar-refractivity contribution in [2.45, 2.75) is 38.8 Å². The summed E-state index contributed by atoms with van der Waals surface area (Å²) in [6, 6.07) is 2.87. The number of thiocarbonyl (C=S) groups is 1. The molecule has 1 aliphatic rings. The van der Waals surface area contributed by atoms with Crippen LogP contribution in [0, 0.1) is 6.92 Å². The monoisotopic (exact) mass is 252 g/mol. The van der Waals surface area contributed by atoms with Crippen molar-refractivity contribution in [1.82, 2.24) is 14.7 Å². The molecule has 0 unspecified atom stereocenters. The van der Waals surface area contributed by atoms with Crippen LogP contribution in [0.4, 0.5) is 0 Å². The zero-order chi connectivity index (χ0) is 12.4. The third kappa shape index (κ3) is 3.51. The van der Waals surface area contributed by atoms with Gasteiger partial charge in [0, 0.05) is 32.6 Å². The molecule has 1 heterocycles. The maximum Gasteiger partial charge on any atom is 0.0740 e. The second-order valence-electron chi connectivity index (χ2n) is 4.82. The molecule has 1 saturated carbocycles. The third-order valence-corrected chi connectivity index (χ3v) is 3.38. The molecule has 0 saturated heterocycles. The predicted octanol–water partition coefficient (Wildman–Crippen LogP) is 1.37. The van der Waals surface area contributed by atoms with Crippen LogP contribution in [0.2, 0.25) is 0 Å². The number of nitrogens with two attached hydrogens (primary N) is 1. The molecule has 1 aliphatic carbocycles. The van der Waals surface area contributed by atoms with Gasteiger partial charge in [-0.3, -0.25) is 9.58 Å². The molecule has 2 N–H and O–H groups in total. The molecule has 0 aromatic carbocycles. The predicted molar refractivity (Wildman–Crippen MR) is 72.8 cm³/mol. The van der Waals surface area contributed by atoms with E-state index in [9.17, 15) is 0 Å². The molecule has 2 rings (SSSR count). The summed E-state index contributed by atoms with van der Waals surface area (Å²) >= 11 is 4.95. The third-order valence-electron chi connectivity index (χ3n) is 3.17. The summed E-state index contributed by atoms with van der Waals surface area (Å²) in [6.45, 7) is 3.94. The van der Waals surface area contributed by atoms with E-state index in [4.69, 9.17) is 18.0 Å². The molecule has 0 aliphatic heterocycles. The minimum Gasteiger partial charge on any atom is -0.393 e. The summed E-state index contributed by atoms with van der Waals surface area (Å²) in [7, 11) is 2.00. The van der Waals surface area contributed by atoms with E-state index in [1.54, 1.807) is 0 Å². The number of rotatable bonds is 6. The number of aryl methyl sites for hydroxylation is 2. The van der Waals surface area contributed by atoms with E-state index in [2.05, 4.69) is 16.1 Å². The minimum atomic E-state index is 0.608. The molecule has 0 atom stereocenters. The normalized spacial score (nSPS) is 15.5. The van der Waals surface area contributed by atoms with Gasteiger partial charge in [0.1, 0.15) is 0 Å². The SMILES string of the molecule is Cc1cc(CN(CCC(N)=S)C2CC2)n(C)n1. The number of aromatic nitrogens is 2. The highest BCUT2D eigenvalue weighted by Crippen LogP contribution is 2.28. The molecule has 0 bridgehead atoms. The van der Waals surface area contributed by atoms with Crippen LogP contribution >= 0.6 is 12.2 Å². The van der Waals surface area contributed by atoms with E-state index in [0.29, 0.717) is 4.99 Å². The molecule has 1 fully saturated rings. The molecular weight excluding hydrogens is 232 g/mol. The van der Waals surface area contributed by atoms with Crippen LogP contribution in [0.3, 0.4) is 0 Å². The molecular formula is C12H20N4S. The van der Waals surface area contributed by atoms with Crippen LogP contribution in [0.15, 0.2) is 6.07 Å². The molecule has 1 aromatic rings. The average molecular weight is 252 g/mol. The van der Waals surface area contributed by atoms with Gasteiger partial charge in [0.25, 0.3) is 0 Å². The largest absolute Gasteiger partial charge is 0.393 e. The molecule has 0 amide bonds. The van der Waals surface area contributed by atoms with Crippen molar-refractivity contribution < 1.29 is 0 Å². The molecule has 0 spiro atoms. The molecule has 5 heteroatoms. The van der Waals surface area contributed by atoms with Gasteiger partial charge in [-0.15, -0.1) is 0 Å². The Kier molecular flexibility index (Phi) is 3.79. The lowest BCUT2D eigenvalue weighted by Crippen LogP contribution is -2.30. The first-order valence-corrected chi connectivity index (χ1v) is 6.49. The maximum absolute atomic E-state index is 5.58. The Morgan fingerprint density at radius 2 is 2.35 bits per heavy atom. The fourth-order valence-electron chi connectivity index (χ4n) is 2.10. The highest BCUT2D eigenvalue weighted by molar-refractivity contribution is 7.80. The Morgan fingerprint density at radius 1 is 1.65 bits per heavy atom. The lowest BCUT2D eigenvalue weighted by atomic mass is 10.3. The summed E-state index contributed by atoms with van der Waals surface area (Å²) in [5.41, 5.74) is 7.91. The van der Waals surface area contributed by atoms with Gasteiger partial charge in [-0.25, -0.2) is 0 Å². The van der Waals surface area contributed by atoms with Gasteiger partial charge in [-0.05, 0) is 25.8 Å². The summed E-state index contributed by atoms with van der Waals surface area (Å²) < 4.78 is 1.96. The Labute approximate surface area is 108 Å². The smallest absolute Gasteiger partial charge is 0.0740 e. The van der Waals surface area contributed by atoms with Crippen LogP contribution < -0.4 is 5.73 Å². The number of hydrogen-bond acceptors (Lipinski definition) is 3. The van der Waals surface area contributed by atoms with Crippen molar-refractivity contribution in [2.24, 2.45) is 12.8 Å². The Morgan fingerprint density at radius 3 is 2.82 bits per heavy atom. The molecule has 17 heavy (non-hydrogen) atoms.